The summed E-state index contributed by atoms with van der Waals surface area (Å²) >= 11 is -1.97. The van der Waals surface area contributed by atoms with Gasteiger partial charge >= 0.3 is 17.2 Å². The summed E-state index contributed by atoms with van der Waals surface area (Å²) in [6.45, 7) is 0. The number of rotatable bonds is 2. The third-order valence-corrected chi connectivity index (χ3v) is 2.51. The number of nitro groups is 2. The summed E-state index contributed by atoms with van der Waals surface area (Å²) in [6, 6.07) is 0. The molecule has 2 heterocycles. The molecule has 0 saturated carbocycles. The SMILES string of the molecule is O=[N+]([O-])C(=C1NC2OS(=O)OC2N1)[N+](=O)[O-]. The molecule has 0 radical (unpaired) electrons. The van der Waals surface area contributed by atoms with E-state index in [1.165, 1.54) is 0 Å². The summed E-state index contributed by atoms with van der Waals surface area (Å²) in [4.78, 5) is 18.5. The van der Waals surface area contributed by atoms with E-state index in [1.807, 2.05) is 0 Å². The first kappa shape index (κ1) is 10.7. The molecule has 2 unspecified atom stereocenters. The normalized spacial score (nSPS) is 31.5. The van der Waals surface area contributed by atoms with Crippen LogP contribution in [0.4, 0.5) is 0 Å². The van der Waals surface area contributed by atoms with E-state index in [9.17, 15) is 24.4 Å². The zero-order valence-electron chi connectivity index (χ0n) is 7.32. The highest BCUT2D eigenvalue weighted by Crippen LogP contribution is 2.21. The van der Waals surface area contributed by atoms with Gasteiger partial charge in [-0.25, -0.2) is 8.37 Å². The van der Waals surface area contributed by atoms with E-state index >= 15 is 0 Å². The fraction of sp³-hybridized carbons (Fsp3) is 0.500. The average molecular weight is 252 g/mol. The van der Waals surface area contributed by atoms with Crippen molar-refractivity contribution in [1.82, 2.24) is 10.6 Å². The molecule has 2 rings (SSSR count). The molecule has 0 spiro atoms. The van der Waals surface area contributed by atoms with Crippen molar-refractivity contribution in [2.45, 2.75) is 12.5 Å². The summed E-state index contributed by atoms with van der Waals surface area (Å²) in [5.74, 6) is -1.70. The Bertz CT molecular complexity index is 387. The molecule has 2 aliphatic heterocycles. The zero-order valence-corrected chi connectivity index (χ0v) is 8.13. The van der Waals surface area contributed by atoms with Crippen molar-refractivity contribution < 1.29 is 22.4 Å². The molecule has 2 fully saturated rings. The predicted molar refractivity (Wildman–Crippen MR) is 45.2 cm³/mol. The molecule has 16 heavy (non-hydrogen) atoms. The quantitative estimate of drug-likeness (QED) is 0.426. The molecule has 2 atom stereocenters. The predicted octanol–water partition coefficient (Wildman–Crippen LogP) is -1.86. The van der Waals surface area contributed by atoms with Crippen molar-refractivity contribution >= 4 is 11.4 Å². The number of hydrogen-bond acceptors (Lipinski definition) is 9. The summed E-state index contributed by atoms with van der Waals surface area (Å²) < 4.78 is 19.9. The van der Waals surface area contributed by atoms with Crippen LogP contribution in [0.25, 0.3) is 0 Å². The lowest BCUT2D eigenvalue weighted by atomic mass is 10.5. The van der Waals surface area contributed by atoms with Crippen LogP contribution in [0.2, 0.25) is 0 Å². The molecule has 11 nitrogen and oxygen atoms in total. The Kier molecular flexibility index (Phi) is 2.45. The molecular formula is C4H4N4O7S. The lowest BCUT2D eigenvalue weighted by molar-refractivity contribution is -0.618. The number of nitrogens with one attached hydrogen (secondary N) is 2. The molecule has 2 saturated heterocycles. The third-order valence-electron chi connectivity index (χ3n) is 1.78. The molecule has 0 aromatic heterocycles. The highest BCUT2D eigenvalue weighted by molar-refractivity contribution is 7.75. The average Bonchev–Trinajstić information content (AvgIpc) is 2.59. The van der Waals surface area contributed by atoms with E-state index in [2.05, 4.69) is 19.0 Å². The number of hydrogen-bond donors (Lipinski definition) is 2. The van der Waals surface area contributed by atoms with Gasteiger partial charge in [-0.1, -0.05) is 0 Å². The summed E-state index contributed by atoms with van der Waals surface area (Å²) in [5, 5.41) is 25.4. The summed E-state index contributed by atoms with van der Waals surface area (Å²) in [7, 11) is 0. The van der Waals surface area contributed by atoms with Crippen LogP contribution in [0, 0.1) is 20.2 Å². The second kappa shape index (κ2) is 3.66. The third kappa shape index (κ3) is 1.68. The maximum atomic E-state index is 10.7. The molecule has 0 aromatic rings. The second-order valence-corrected chi connectivity index (χ2v) is 3.53. The maximum Gasteiger partial charge on any atom is 0.599 e. The second-order valence-electron chi connectivity index (χ2n) is 2.74. The van der Waals surface area contributed by atoms with E-state index in [0.717, 1.165) is 0 Å². The van der Waals surface area contributed by atoms with Crippen LogP contribution in [0.1, 0.15) is 0 Å². The first-order chi connectivity index (χ1) is 7.49. The van der Waals surface area contributed by atoms with Gasteiger partial charge in [0.05, 0.1) is 0 Å². The summed E-state index contributed by atoms with van der Waals surface area (Å²) in [5.41, 5.74) is 0. The van der Waals surface area contributed by atoms with Crippen LogP contribution in [-0.2, 0) is 19.7 Å². The Morgan fingerprint density at radius 3 is 2.00 bits per heavy atom. The van der Waals surface area contributed by atoms with Crippen LogP contribution in [0.5, 0.6) is 0 Å². The maximum absolute atomic E-state index is 10.7. The van der Waals surface area contributed by atoms with E-state index in [0.29, 0.717) is 0 Å². The smallest absolute Gasteiger partial charge is 0.330 e. The van der Waals surface area contributed by atoms with E-state index < -0.39 is 45.3 Å². The van der Waals surface area contributed by atoms with Crippen molar-refractivity contribution in [2.75, 3.05) is 0 Å². The monoisotopic (exact) mass is 252 g/mol. The minimum Gasteiger partial charge on any atom is -0.330 e. The Morgan fingerprint density at radius 2 is 1.62 bits per heavy atom. The number of nitrogens with zero attached hydrogens (tertiary/aromatic N) is 2. The lowest BCUT2D eigenvalue weighted by Crippen LogP contribution is -2.29. The van der Waals surface area contributed by atoms with Crippen molar-refractivity contribution in [3.63, 3.8) is 0 Å². The van der Waals surface area contributed by atoms with Gasteiger partial charge in [-0.3, -0.25) is 20.2 Å². The summed E-state index contributed by atoms with van der Waals surface area (Å²) in [6.07, 6.45) is -1.91. The van der Waals surface area contributed by atoms with Gasteiger partial charge in [0, 0.05) is 0 Å². The van der Waals surface area contributed by atoms with Gasteiger partial charge in [0.15, 0.2) is 12.5 Å². The highest BCUT2D eigenvalue weighted by atomic mass is 32.2. The largest absolute Gasteiger partial charge is 0.599 e. The molecule has 88 valence electrons. The Labute approximate surface area is 89.6 Å². The first-order valence-corrected chi connectivity index (χ1v) is 4.81. The minimum absolute atomic E-state index is 0.443. The van der Waals surface area contributed by atoms with E-state index in [-0.39, 0.29) is 0 Å². The van der Waals surface area contributed by atoms with Crippen molar-refractivity contribution in [1.29, 1.82) is 0 Å². The van der Waals surface area contributed by atoms with Gasteiger partial charge in [0.25, 0.3) is 5.82 Å². The molecule has 12 heteroatoms. The zero-order chi connectivity index (χ0) is 11.9. The standard InChI is InChI=1S/C4H4N4O7S/c9-7(10)4(8(11)12)1-5-2-3(6-1)15-16(13)14-2/h2-3,5-6H. The van der Waals surface area contributed by atoms with Crippen molar-refractivity contribution in [3.8, 4) is 0 Å². The van der Waals surface area contributed by atoms with Crippen LogP contribution >= 0.6 is 0 Å². The molecule has 0 aromatic carbocycles. The van der Waals surface area contributed by atoms with Crippen LogP contribution in [-0.4, -0.2) is 26.5 Å². The molecule has 0 bridgehead atoms. The van der Waals surface area contributed by atoms with Gasteiger partial charge in [0.1, 0.15) is 9.85 Å². The van der Waals surface area contributed by atoms with Crippen molar-refractivity contribution in [2.24, 2.45) is 0 Å². The first-order valence-electron chi connectivity index (χ1n) is 3.81. The Hall–Kier alpha value is -1.79. The number of fused-ring (bicyclic) bond motifs is 1. The van der Waals surface area contributed by atoms with E-state index in [4.69, 9.17) is 0 Å². The van der Waals surface area contributed by atoms with Gasteiger partial charge < -0.3 is 10.6 Å². The lowest BCUT2D eigenvalue weighted by Gasteiger charge is -1.99. The van der Waals surface area contributed by atoms with Gasteiger partial charge in [-0.2, -0.15) is 4.21 Å². The topological polar surface area (TPSA) is 146 Å². The van der Waals surface area contributed by atoms with Crippen LogP contribution in [0.15, 0.2) is 11.6 Å². The highest BCUT2D eigenvalue weighted by Gasteiger charge is 2.47. The van der Waals surface area contributed by atoms with Gasteiger partial charge in [-0.15, -0.1) is 0 Å². The molecule has 2 N–H and O–H groups in total. The Balaban J connectivity index is 2.25. The molecule has 0 aliphatic carbocycles. The van der Waals surface area contributed by atoms with Crippen molar-refractivity contribution in [3.05, 3.63) is 31.9 Å². The van der Waals surface area contributed by atoms with Gasteiger partial charge in [0.2, 0.25) is 0 Å². The van der Waals surface area contributed by atoms with Crippen LogP contribution < -0.4 is 10.6 Å². The molecule has 2 aliphatic rings. The fourth-order valence-corrected chi connectivity index (χ4v) is 1.88. The van der Waals surface area contributed by atoms with Crippen LogP contribution in [0.3, 0.4) is 0 Å². The minimum atomic E-state index is -1.97. The van der Waals surface area contributed by atoms with Gasteiger partial charge in [-0.05, 0) is 0 Å². The molecular weight excluding hydrogens is 248 g/mol. The van der Waals surface area contributed by atoms with E-state index in [1.54, 1.807) is 0 Å². The fourth-order valence-electron chi connectivity index (χ4n) is 1.20. The Morgan fingerprint density at radius 1 is 1.19 bits per heavy atom. The molecule has 0 amide bonds.